The van der Waals surface area contributed by atoms with Gasteiger partial charge in [0, 0.05) is 26.1 Å². The van der Waals surface area contributed by atoms with Gasteiger partial charge in [-0.3, -0.25) is 9.59 Å². The summed E-state index contributed by atoms with van der Waals surface area (Å²) in [6.45, 7) is 2.53. The van der Waals surface area contributed by atoms with Crippen LogP contribution in [-0.4, -0.2) is 42.7 Å². The Bertz CT molecular complexity index is 599. The van der Waals surface area contributed by atoms with Gasteiger partial charge >= 0.3 is 0 Å². The molecule has 1 rings (SSSR count). The van der Waals surface area contributed by atoms with Gasteiger partial charge in [0.2, 0.25) is 11.8 Å². The topological polar surface area (TPSA) is 104 Å². The van der Waals surface area contributed by atoms with Gasteiger partial charge in [0.25, 0.3) is 0 Å². The van der Waals surface area contributed by atoms with Crippen LogP contribution in [-0.2, 0) is 16.0 Å². The molecule has 6 nitrogen and oxygen atoms in total. The van der Waals surface area contributed by atoms with Crippen LogP contribution in [0.1, 0.15) is 31.7 Å². The normalized spacial score (nSPS) is 13.1. The van der Waals surface area contributed by atoms with Crippen LogP contribution in [0.25, 0.3) is 0 Å². The Morgan fingerprint density at radius 3 is 2.50 bits per heavy atom. The number of carbonyl (C=O) groups is 2. The van der Waals surface area contributed by atoms with Gasteiger partial charge in [-0.15, -0.1) is 0 Å². The summed E-state index contributed by atoms with van der Waals surface area (Å²) in [5.74, 6) is -1.75. The maximum absolute atomic E-state index is 13.6. The van der Waals surface area contributed by atoms with Gasteiger partial charge < -0.3 is 21.5 Å². The molecular formula is C18H27F2N3O3. The third kappa shape index (κ3) is 8.35. The van der Waals surface area contributed by atoms with Crippen LogP contribution in [0.2, 0.25) is 0 Å². The van der Waals surface area contributed by atoms with E-state index in [4.69, 9.17) is 5.73 Å². The lowest BCUT2D eigenvalue weighted by atomic mass is 9.97. The molecule has 0 spiro atoms. The lowest BCUT2D eigenvalue weighted by Gasteiger charge is -2.13. The number of hydrogen-bond acceptors (Lipinski definition) is 4. The summed E-state index contributed by atoms with van der Waals surface area (Å²) >= 11 is 0. The SMILES string of the molecule is CC(CC(=O)NCCCCNC(=O)[C@@H](O)CN)Cc1cc(F)ccc1F. The highest BCUT2D eigenvalue weighted by atomic mass is 19.1. The van der Waals surface area contributed by atoms with Gasteiger partial charge in [-0.25, -0.2) is 8.78 Å². The van der Waals surface area contributed by atoms with Gasteiger partial charge in [-0.2, -0.15) is 0 Å². The Balaban J connectivity index is 2.18. The predicted molar refractivity (Wildman–Crippen MR) is 94.2 cm³/mol. The van der Waals surface area contributed by atoms with Crippen molar-refractivity contribution in [1.82, 2.24) is 10.6 Å². The van der Waals surface area contributed by atoms with E-state index in [0.29, 0.717) is 25.9 Å². The zero-order valence-electron chi connectivity index (χ0n) is 14.9. The van der Waals surface area contributed by atoms with Crippen LogP contribution in [0.5, 0.6) is 0 Å². The Kier molecular flexibility index (Phi) is 9.75. The Morgan fingerprint density at radius 2 is 1.85 bits per heavy atom. The van der Waals surface area contributed by atoms with Gasteiger partial charge in [0.15, 0.2) is 0 Å². The number of benzene rings is 1. The van der Waals surface area contributed by atoms with E-state index in [9.17, 15) is 23.5 Å². The highest BCUT2D eigenvalue weighted by Gasteiger charge is 2.13. The molecule has 2 atom stereocenters. The molecule has 0 fully saturated rings. The van der Waals surface area contributed by atoms with Crippen molar-refractivity contribution in [1.29, 1.82) is 0 Å². The highest BCUT2D eigenvalue weighted by Crippen LogP contribution is 2.16. The predicted octanol–water partition coefficient (Wildman–Crippen LogP) is 0.866. The molecule has 26 heavy (non-hydrogen) atoms. The molecule has 8 heteroatoms. The van der Waals surface area contributed by atoms with Crippen molar-refractivity contribution in [2.24, 2.45) is 11.7 Å². The third-order valence-corrected chi connectivity index (χ3v) is 3.86. The number of unbranched alkanes of at least 4 members (excludes halogenated alkanes) is 1. The van der Waals surface area contributed by atoms with E-state index >= 15 is 0 Å². The molecule has 0 aromatic heterocycles. The van der Waals surface area contributed by atoms with Crippen LogP contribution in [0.4, 0.5) is 8.78 Å². The summed E-state index contributed by atoms with van der Waals surface area (Å²) in [5.41, 5.74) is 5.43. The van der Waals surface area contributed by atoms with Crippen LogP contribution in [0.3, 0.4) is 0 Å². The van der Waals surface area contributed by atoms with E-state index < -0.39 is 23.6 Å². The first-order valence-electron chi connectivity index (χ1n) is 8.70. The number of rotatable bonds is 11. The summed E-state index contributed by atoms with van der Waals surface area (Å²) < 4.78 is 26.7. The van der Waals surface area contributed by atoms with Gasteiger partial charge in [0.1, 0.15) is 17.7 Å². The second kappa shape index (κ2) is 11.5. The maximum Gasteiger partial charge on any atom is 0.250 e. The number of nitrogens with one attached hydrogen (secondary N) is 2. The molecule has 0 aliphatic rings. The Labute approximate surface area is 152 Å². The average molecular weight is 371 g/mol. The van der Waals surface area contributed by atoms with Crippen molar-refractivity contribution in [3.63, 3.8) is 0 Å². The minimum atomic E-state index is -1.20. The number of amides is 2. The van der Waals surface area contributed by atoms with Crippen molar-refractivity contribution >= 4 is 11.8 Å². The van der Waals surface area contributed by atoms with Gasteiger partial charge in [-0.1, -0.05) is 6.92 Å². The lowest BCUT2D eigenvalue weighted by Crippen LogP contribution is -2.39. The first-order chi connectivity index (χ1) is 12.3. The number of carbonyl (C=O) groups excluding carboxylic acids is 2. The van der Waals surface area contributed by atoms with Crippen molar-refractivity contribution in [2.45, 2.75) is 38.7 Å². The van der Waals surface area contributed by atoms with Crippen molar-refractivity contribution in [3.8, 4) is 0 Å². The van der Waals surface area contributed by atoms with E-state index in [0.717, 1.165) is 18.2 Å². The molecule has 0 saturated carbocycles. The molecule has 5 N–H and O–H groups in total. The summed E-state index contributed by atoms with van der Waals surface area (Å²) in [6.07, 6.45) is 0.617. The number of aliphatic hydroxyl groups excluding tert-OH is 1. The third-order valence-electron chi connectivity index (χ3n) is 3.86. The zero-order valence-corrected chi connectivity index (χ0v) is 14.9. The highest BCUT2D eigenvalue weighted by molar-refractivity contribution is 5.80. The van der Waals surface area contributed by atoms with Crippen LogP contribution in [0, 0.1) is 17.6 Å². The Morgan fingerprint density at radius 1 is 1.19 bits per heavy atom. The number of halogens is 2. The fourth-order valence-corrected chi connectivity index (χ4v) is 2.45. The first kappa shape index (κ1) is 22.0. The average Bonchev–Trinajstić information content (AvgIpc) is 2.59. The van der Waals surface area contributed by atoms with Crippen molar-refractivity contribution < 1.29 is 23.5 Å². The lowest BCUT2D eigenvalue weighted by molar-refractivity contribution is -0.128. The van der Waals surface area contributed by atoms with E-state index in [2.05, 4.69) is 10.6 Å². The molecule has 0 radical (unpaired) electrons. The summed E-state index contributed by atoms with van der Waals surface area (Å²) in [5, 5.41) is 14.5. The molecule has 2 amide bonds. The second-order valence-corrected chi connectivity index (χ2v) is 6.35. The largest absolute Gasteiger partial charge is 0.382 e. The molecule has 146 valence electrons. The van der Waals surface area contributed by atoms with Crippen molar-refractivity contribution in [3.05, 3.63) is 35.4 Å². The quantitative estimate of drug-likeness (QED) is 0.433. The van der Waals surface area contributed by atoms with E-state index in [1.54, 1.807) is 0 Å². The van der Waals surface area contributed by atoms with Crippen LogP contribution < -0.4 is 16.4 Å². The monoisotopic (exact) mass is 371 g/mol. The molecule has 0 aliphatic carbocycles. The molecule has 0 bridgehead atoms. The van der Waals surface area contributed by atoms with Crippen molar-refractivity contribution in [2.75, 3.05) is 19.6 Å². The zero-order chi connectivity index (χ0) is 19.5. The molecule has 0 aliphatic heterocycles. The summed E-state index contributed by atoms with van der Waals surface area (Å²) in [4.78, 5) is 23.1. The molecule has 0 heterocycles. The van der Waals surface area contributed by atoms with E-state index in [1.165, 1.54) is 0 Å². The number of aliphatic hydroxyl groups is 1. The number of hydrogen-bond donors (Lipinski definition) is 4. The molecule has 1 aromatic carbocycles. The molecule has 1 unspecified atom stereocenters. The van der Waals surface area contributed by atoms with E-state index in [1.807, 2.05) is 6.92 Å². The van der Waals surface area contributed by atoms with Gasteiger partial charge in [0.05, 0.1) is 0 Å². The number of nitrogens with two attached hydrogens (primary N) is 1. The smallest absolute Gasteiger partial charge is 0.250 e. The standard InChI is InChI=1S/C18H27F2N3O3/c1-12(8-13-10-14(19)4-5-15(13)20)9-17(25)22-6-2-3-7-23-18(26)16(24)11-21/h4-5,10,12,16,24H,2-3,6-9,11,21H2,1H3,(H,22,25)(H,23,26)/t12?,16-/m0/s1. The van der Waals surface area contributed by atoms with Crippen LogP contribution in [0.15, 0.2) is 18.2 Å². The molecule has 1 aromatic rings. The maximum atomic E-state index is 13.6. The minimum absolute atomic E-state index is 0.122. The summed E-state index contributed by atoms with van der Waals surface area (Å²) in [7, 11) is 0. The van der Waals surface area contributed by atoms with Gasteiger partial charge in [-0.05, 0) is 48.9 Å². The molecule has 0 saturated heterocycles. The molecular weight excluding hydrogens is 344 g/mol. The van der Waals surface area contributed by atoms with Crippen LogP contribution >= 0.6 is 0 Å². The fraction of sp³-hybridized carbons (Fsp3) is 0.556. The summed E-state index contributed by atoms with van der Waals surface area (Å²) in [6, 6.07) is 3.30. The van der Waals surface area contributed by atoms with E-state index in [-0.39, 0.29) is 36.8 Å². The fourth-order valence-electron chi connectivity index (χ4n) is 2.45. The Hall–Kier alpha value is -2.06. The first-order valence-corrected chi connectivity index (χ1v) is 8.70. The minimum Gasteiger partial charge on any atom is -0.382 e. The second-order valence-electron chi connectivity index (χ2n) is 6.35.